The first-order valence-corrected chi connectivity index (χ1v) is 9.11. The summed E-state index contributed by atoms with van der Waals surface area (Å²) in [4.78, 5) is 29.1. The molecule has 0 saturated carbocycles. The molecule has 1 aromatic heterocycles. The second kappa shape index (κ2) is 7.26. The summed E-state index contributed by atoms with van der Waals surface area (Å²) in [6.07, 6.45) is 2.01. The molecular formula is C21H21N5O2. The van der Waals surface area contributed by atoms with E-state index in [1.165, 1.54) is 0 Å². The molecule has 2 aromatic carbocycles. The number of aromatic nitrogens is 3. The van der Waals surface area contributed by atoms with Gasteiger partial charge in [-0.15, -0.1) is 5.10 Å². The maximum Gasteiger partial charge on any atom is 0.239 e. The van der Waals surface area contributed by atoms with E-state index in [2.05, 4.69) is 10.3 Å². The summed E-state index contributed by atoms with van der Waals surface area (Å²) in [6, 6.07) is 17.3. The summed E-state index contributed by atoms with van der Waals surface area (Å²) in [7, 11) is 3.40. The van der Waals surface area contributed by atoms with Gasteiger partial charge in [0.25, 0.3) is 0 Å². The predicted molar refractivity (Wildman–Crippen MR) is 106 cm³/mol. The zero-order valence-corrected chi connectivity index (χ0v) is 15.8. The van der Waals surface area contributed by atoms with Crippen molar-refractivity contribution in [2.75, 3.05) is 23.9 Å². The number of hydrogen-bond donors (Lipinski definition) is 0. The van der Waals surface area contributed by atoms with Crippen molar-refractivity contribution in [3.8, 4) is 0 Å². The van der Waals surface area contributed by atoms with Crippen LogP contribution in [0.15, 0.2) is 60.8 Å². The third-order valence-corrected chi connectivity index (χ3v) is 5.05. The molecule has 0 saturated heterocycles. The zero-order chi connectivity index (χ0) is 19.7. The van der Waals surface area contributed by atoms with Gasteiger partial charge in [-0.3, -0.25) is 9.59 Å². The monoisotopic (exact) mass is 375 g/mol. The zero-order valence-electron chi connectivity index (χ0n) is 15.8. The van der Waals surface area contributed by atoms with Crippen molar-refractivity contribution >= 4 is 23.2 Å². The molecule has 0 unspecified atom stereocenters. The first-order valence-electron chi connectivity index (χ1n) is 9.11. The number of para-hydroxylation sites is 2. The van der Waals surface area contributed by atoms with Gasteiger partial charge in [0.1, 0.15) is 5.92 Å². The van der Waals surface area contributed by atoms with Crippen LogP contribution in [0, 0.1) is 5.92 Å². The summed E-state index contributed by atoms with van der Waals surface area (Å²) < 4.78 is 1.72. The molecule has 1 aliphatic heterocycles. The lowest BCUT2D eigenvalue weighted by atomic mass is 10.0. The lowest BCUT2D eigenvalue weighted by Crippen LogP contribution is -2.40. The number of hydrogen-bond acceptors (Lipinski definition) is 4. The average Bonchev–Trinajstić information content (AvgIpc) is 3.15. The first-order chi connectivity index (χ1) is 13.5. The van der Waals surface area contributed by atoms with Gasteiger partial charge in [0.15, 0.2) is 0 Å². The molecule has 0 atom stereocenters. The van der Waals surface area contributed by atoms with Crippen molar-refractivity contribution in [2.24, 2.45) is 5.92 Å². The fraction of sp³-hybridized carbons (Fsp3) is 0.238. The highest BCUT2D eigenvalue weighted by Crippen LogP contribution is 2.33. The van der Waals surface area contributed by atoms with Crippen molar-refractivity contribution < 1.29 is 9.59 Å². The van der Waals surface area contributed by atoms with Crippen LogP contribution in [-0.2, 0) is 22.6 Å². The second-order valence-electron chi connectivity index (χ2n) is 6.93. The number of amides is 2. The van der Waals surface area contributed by atoms with Gasteiger partial charge in [-0.1, -0.05) is 47.7 Å². The Morgan fingerprint density at radius 1 is 0.857 bits per heavy atom. The molecule has 0 radical (unpaired) electrons. The van der Waals surface area contributed by atoms with Crippen molar-refractivity contribution in [1.82, 2.24) is 15.0 Å². The van der Waals surface area contributed by atoms with Gasteiger partial charge in [0, 0.05) is 26.7 Å². The van der Waals surface area contributed by atoms with Crippen molar-refractivity contribution in [1.29, 1.82) is 0 Å². The van der Waals surface area contributed by atoms with Crippen LogP contribution in [0.2, 0.25) is 0 Å². The predicted octanol–water partition coefficient (Wildman–Crippen LogP) is 2.12. The lowest BCUT2D eigenvalue weighted by molar-refractivity contribution is -0.131. The molecule has 0 spiro atoms. The molecule has 1 aliphatic rings. The molecular weight excluding hydrogens is 354 g/mol. The fourth-order valence-corrected chi connectivity index (χ4v) is 3.51. The van der Waals surface area contributed by atoms with E-state index < -0.39 is 5.92 Å². The van der Waals surface area contributed by atoms with Crippen LogP contribution >= 0.6 is 0 Å². The Morgan fingerprint density at radius 2 is 1.43 bits per heavy atom. The summed E-state index contributed by atoms with van der Waals surface area (Å²) in [5.74, 6) is -1.30. The van der Waals surface area contributed by atoms with Gasteiger partial charge in [0.05, 0.1) is 23.6 Å². The SMILES string of the molecule is CN1C(=O)C(Cc2cn(Cc3ccccc3)nn2)C(=O)N(C)c2ccccc21. The van der Waals surface area contributed by atoms with E-state index in [0.717, 1.165) is 16.9 Å². The van der Waals surface area contributed by atoms with Crippen LogP contribution in [0.5, 0.6) is 0 Å². The van der Waals surface area contributed by atoms with Crippen LogP contribution in [0.1, 0.15) is 11.3 Å². The number of fused-ring (bicyclic) bond motifs is 1. The molecule has 3 aromatic rings. The number of benzene rings is 2. The smallest absolute Gasteiger partial charge is 0.239 e. The maximum absolute atomic E-state index is 13.0. The van der Waals surface area contributed by atoms with Crippen LogP contribution in [-0.4, -0.2) is 40.9 Å². The minimum Gasteiger partial charge on any atom is -0.313 e. The third-order valence-electron chi connectivity index (χ3n) is 5.05. The molecule has 0 N–H and O–H groups in total. The van der Waals surface area contributed by atoms with Gasteiger partial charge in [-0.2, -0.15) is 0 Å². The van der Waals surface area contributed by atoms with Gasteiger partial charge < -0.3 is 9.80 Å². The fourth-order valence-electron chi connectivity index (χ4n) is 3.51. The van der Waals surface area contributed by atoms with E-state index in [-0.39, 0.29) is 18.2 Å². The number of anilines is 2. The van der Waals surface area contributed by atoms with E-state index >= 15 is 0 Å². The topological polar surface area (TPSA) is 71.3 Å². The molecule has 142 valence electrons. The number of carbonyl (C=O) groups excluding carboxylic acids is 2. The summed E-state index contributed by atoms with van der Waals surface area (Å²) in [5.41, 5.74) is 3.17. The molecule has 4 rings (SSSR count). The average molecular weight is 375 g/mol. The number of rotatable bonds is 4. The third kappa shape index (κ3) is 3.26. The Hall–Kier alpha value is -3.48. The molecule has 7 nitrogen and oxygen atoms in total. The Balaban J connectivity index is 1.56. The maximum atomic E-state index is 13.0. The molecule has 0 fully saturated rings. The minimum atomic E-state index is -0.829. The van der Waals surface area contributed by atoms with Crippen LogP contribution < -0.4 is 9.80 Å². The quantitative estimate of drug-likeness (QED) is 0.655. The number of carbonyl (C=O) groups is 2. The highest BCUT2D eigenvalue weighted by atomic mass is 16.2. The largest absolute Gasteiger partial charge is 0.313 e. The van der Waals surface area contributed by atoms with Crippen LogP contribution in [0.3, 0.4) is 0 Å². The van der Waals surface area contributed by atoms with Crippen molar-refractivity contribution in [3.63, 3.8) is 0 Å². The van der Waals surface area contributed by atoms with E-state index in [1.807, 2.05) is 54.6 Å². The molecule has 0 aliphatic carbocycles. The van der Waals surface area contributed by atoms with Gasteiger partial charge in [-0.25, -0.2) is 4.68 Å². The van der Waals surface area contributed by atoms with E-state index in [9.17, 15) is 9.59 Å². The van der Waals surface area contributed by atoms with E-state index in [0.29, 0.717) is 12.2 Å². The van der Waals surface area contributed by atoms with Gasteiger partial charge >= 0.3 is 0 Å². The Kier molecular flexibility index (Phi) is 4.65. The standard InChI is InChI=1S/C21H21N5O2/c1-24-18-10-6-7-11-19(18)25(2)21(28)17(20(24)27)12-16-14-26(23-22-16)13-15-8-4-3-5-9-15/h3-11,14,17H,12-13H2,1-2H3. The summed E-state index contributed by atoms with van der Waals surface area (Å²) in [5, 5.41) is 8.32. The van der Waals surface area contributed by atoms with E-state index in [4.69, 9.17) is 0 Å². The minimum absolute atomic E-state index is 0.217. The summed E-state index contributed by atoms with van der Waals surface area (Å²) >= 11 is 0. The highest BCUT2D eigenvalue weighted by molar-refractivity contribution is 6.17. The number of nitrogens with zero attached hydrogens (tertiary/aromatic N) is 5. The van der Waals surface area contributed by atoms with E-state index in [1.54, 1.807) is 34.8 Å². The second-order valence-corrected chi connectivity index (χ2v) is 6.93. The normalized spacial score (nSPS) is 14.9. The van der Waals surface area contributed by atoms with Crippen LogP contribution in [0.25, 0.3) is 0 Å². The molecule has 2 amide bonds. The van der Waals surface area contributed by atoms with Gasteiger partial charge in [0.2, 0.25) is 11.8 Å². The van der Waals surface area contributed by atoms with Crippen molar-refractivity contribution in [3.05, 3.63) is 72.1 Å². The van der Waals surface area contributed by atoms with Crippen molar-refractivity contribution in [2.45, 2.75) is 13.0 Å². The van der Waals surface area contributed by atoms with Crippen LogP contribution in [0.4, 0.5) is 11.4 Å². The lowest BCUT2D eigenvalue weighted by Gasteiger charge is -2.19. The Morgan fingerprint density at radius 3 is 2.04 bits per heavy atom. The molecule has 28 heavy (non-hydrogen) atoms. The highest BCUT2D eigenvalue weighted by Gasteiger charge is 2.37. The van der Waals surface area contributed by atoms with Gasteiger partial charge in [-0.05, 0) is 17.7 Å². The summed E-state index contributed by atoms with van der Waals surface area (Å²) in [6.45, 7) is 0.589. The molecule has 7 heteroatoms. The Bertz CT molecular complexity index is 973. The molecule has 0 bridgehead atoms. The molecule has 2 heterocycles. The Labute approximate surface area is 163 Å². The first kappa shape index (κ1) is 17.9.